The Balaban J connectivity index is 1.36. The summed E-state index contributed by atoms with van der Waals surface area (Å²) in [7, 11) is 1.68. The molecule has 0 radical (unpaired) electrons. The van der Waals surface area contributed by atoms with Crippen molar-refractivity contribution in [2.24, 2.45) is 11.8 Å². The molecule has 0 bridgehead atoms. The van der Waals surface area contributed by atoms with Gasteiger partial charge in [0.25, 0.3) is 0 Å². The fourth-order valence-corrected chi connectivity index (χ4v) is 4.89. The normalized spacial score (nSPS) is 33.9. The highest BCUT2D eigenvalue weighted by Crippen LogP contribution is 2.50. The lowest BCUT2D eigenvalue weighted by Crippen LogP contribution is -2.35. The van der Waals surface area contributed by atoms with E-state index in [4.69, 9.17) is 14.2 Å². The van der Waals surface area contributed by atoms with E-state index in [1.54, 1.807) is 7.11 Å². The van der Waals surface area contributed by atoms with Crippen molar-refractivity contribution in [3.05, 3.63) is 41.5 Å². The number of ether oxygens (including phenoxy) is 3. The van der Waals surface area contributed by atoms with Gasteiger partial charge in [0.15, 0.2) is 0 Å². The van der Waals surface area contributed by atoms with Gasteiger partial charge in [-0.3, -0.25) is 4.79 Å². The lowest BCUT2D eigenvalue weighted by Gasteiger charge is -2.22. The number of hydrogen-bond donors (Lipinski definition) is 1. The zero-order chi connectivity index (χ0) is 20.4. The van der Waals surface area contributed by atoms with Gasteiger partial charge in [-0.2, -0.15) is 0 Å². The maximum atomic E-state index is 12.7. The summed E-state index contributed by atoms with van der Waals surface area (Å²) in [4.78, 5) is 12.7. The maximum absolute atomic E-state index is 12.7. The van der Waals surface area contributed by atoms with Crippen LogP contribution in [-0.4, -0.2) is 44.0 Å². The predicted octanol–water partition coefficient (Wildman–Crippen LogP) is 3.66. The van der Waals surface area contributed by atoms with Crippen LogP contribution in [0.5, 0.6) is 5.75 Å². The second-order valence-corrected chi connectivity index (χ2v) is 8.96. The minimum Gasteiger partial charge on any atom is -0.497 e. The van der Waals surface area contributed by atoms with Gasteiger partial charge in [-0.05, 0) is 70.2 Å². The molecular formula is C24H33NO4. The average Bonchev–Trinajstić information content (AvgIpc) is 3.28. The average molecular weight is 400 g/mol. The van der Waals surface area contributed by atoms with Gasteiger partial charge < -0.3 is 19.5 Å². The summed E-state index contributed by atoms with van der Waals surface area (Å²) in [6.45, 7) is 5.84. The molecule has 2 heterocycles. The molecule has 1 aromatic carbocycles. The Labute approximate surface area is 173 Å². The second kappa shape index (κ2) is 8.49. The van der Waals surface area contributed by atoms with E-state index < -0.39 is 0 Å². The van der Waals surface area contributed by atoms with Crippen LogP contribution in [0, 0.1) is 11.8 Å². The summed E-state index contributed by atoms with van der Waals surface area (Å²) in [5.74, 6) is 0.945. The SMILES string of the molecule is COc1cccc(CCNC[C@@H]2C(=O)O[C@H]3[C@H]2CCC(C)=CCC[C@@]2(C)O[C@@H]32)c1. The maximum Gasteiger partial charge on any atom is 0.311 e. The minimum atomic E-state index is -0.133. The fourth-order valence-electron chi connectivity index (χ4n) is 4.89. The standard InChI is InChI=1S/C24H33NO4/c1-16-6-5-12-24(2)22(29-24)21-19(10-9-16)20(23(26)28-21)15-25-13-11-17-7-4-8-18(14-17)27-3/h4,6-8,14,19-22,25H,5,9-13,15H2,1-3H3/t19-,20-,21-,22-,24+/m0/s1. The van der Waals surface area contributed by atoms with Gasteiger partial charge in [0, 0.05) is 12.5 Å². The first-order valence-electron chi connectivity index (χ1n) is 10.9. The Morgan fingerprint density at radius 3 is 3.03 bits per heavy atom. The van der Waals surface area contributed by atoms with Crippen LogP contribution in [-0.2, 0) is 20.7 Å². The highest BCUT2D eigenvalue weighted by molar-refractivity contribution is 5.75. The number of methoxy groups -OCH3 is 1. The number of carbonyl (C=O) groups is 1. The minimum absolute atomic E-state index is 0.0602. The molecule has 1 N–H and O–H groups in total. The van der Waals surface area contributed by atoms with Crippen molar-refractivity contribution in [2.75, 3.05) is 20.2 Å². The van der Waals surface area contributed by atoms with E-state index in [-0.39, 0.29) is 35.6 Å². The number of rotatable bonds is 6. The van der Waals surface area contributed by atoms with E-state index in [1.165, 1.54) is 11.1 Å². The molecular weight excluding hydrogens is 366 g/mol. The van der Waals surface area contributed by atoms with Crippen LogP contribution in [0.25, 0.3) is 0 Å². The quantitative estimate of drug-likeness (QED) is 0.342. The van der Waals surface area contributed by atoms with E-state index in [2.05, 4.69) is 37.4 Å². The number of hydrogen-bond acceptors (Lipinski definition) is 5. The van der Waals surface area contributed by atoms with Gasteiger partial charge in [0.2, 0.25) is 0 Å². The van der Waals surface area contributed by atoms with Crippen molar-refractivity contribution in [1.29, 1.82) is 0 Å². The first-order chi connectivity index (χ1) is 14.0. The summed E-state index contributed by atoms with van der Waals surface area (Å²) in [5, 5.41) is 3.49. The molecule has 3 aliphatic rings. The summed E-state index contributed by atoms with van der Waals surface area (Å²) in [5.41, 5.74) is 2.51. The third kappa shape index (κ3) is 4.51. The summed E-state index contributed by atoms with van der Waals surface area (Å²) in [6.07, 6.45) is 7.26. The Morgan fingerprint density at radius 1 is 1.34 bits per heavy atom. The van der Waals surface area contributed by atoms with Crippen molar-refractivity contribution < 1.29 is 19.0 Å². The van der Waals surface area contributed by atoms with E-state index >= 15 is 0 Å². The second-order valence-electron chi connectivity index (χ2n) is 8.96. The molecule has 0 amide bonds. The summed E-state index contributed by atoms with van der Waals surface area (Å²) >= 11 is 0. The lowest BCUT2D eigenvalue weighted by molar-refractivity contribution is -0.144. The molecule has 1 aliphatic carbocycles. The van der Waals surface area contributed by atoms with Crippen LogP contribution in [0.2, 0.25) is 0 Å². The topological polar surface area (TPSA) is 60.1 Å². The molecule has 2 fully saturated rings. The van der Waals surface area contributed by atoms with Crippen LogP contribution in [0.4, 0.5) is 0 Å². The molecule has 158 valence electrons. The molecule has 29 heavy (non-hydrogen) atoms. The lowest BCUT2D eigenvalue weighted by atomic mass is 9.80. The molecule has 2 saturated heterocycles. The van der Waals surface area contributed by atoms with Gasteiger partial charge in [0.05, 0.1) is 18.6 Å². The van der Waals surface area contributed by atoms with Crippen LogP contribution in [0.3, 0.4) is 0 Å². The van der Waals surface area contributed by atoms with Gasteiger partial charge >= 0.3 is 5.97 Å². The van der Waals surface area contributed by atoms with Gasteiger partial charge in [-0.15, -0.1) is 0 Å². The van der Waals surface area contributed by atoms with Crippen molar-refractivity contribution in [3.8, 4) is 5.75 Å². The number of carbonyl (C=O) groups excluding carboxylic acids is 1. The number of benzene rings is 1. The van der Waals surface area contributed by atoms with Gasteiger partial charge in [-0.25, -0.2) is 0 Å². The monoisotopic (exact) mass is 399 g/mol. The van der Waals surface area contributed by atoms with E-state index in [1.807, 2.05) is 12.1 Å². The molecule has 5 nitrogen and oxygen atoms in total. The molecule has 2 aliphatic heterocycles. The van der Waals surface area contributed by atoms with E-state index in [0.717, 1.165) is 44.4 Å². The predicted molar refractivity (Wildman–Crippen MR) is 112 cm³/mol. The van der Waals surface area contributed by atoms with Gasteiger partial charge in [-0.1, -0.05) is 23.8 Å². The number of allylic oxidation sites excluding steroid dienone is 2. The number of nitrogens with one attached hydrogen (secondary N) is 1. The van der Waals surface area contributed by atoms with Crippen molar-refractivity contribution in [3.63, 3.8) is 0 Å². The third-order valence-electron chi connectivity index (χ3n) is 6.83. The number of esters is 1. The fraction of sp³-hybridized carbons (Fsp3) is 0.625. The van der Waals surface area contributed by atoms with Crippen molar-refractivity contribution >= 4 is 5.97 Å². The van der Waals surface area contributed by atoms with E-state index in [9.17, 15) is 4.79 Å². The first kappa shape index (κ1) is 20.4. The number of fused-ring (bicyclic) bond motifs is 3. The molecule has 5 atom stereocenters. The van der Waals surface area contributed by atoms with Crippen LogP contribution in [0.1, 0.15) is 45.1 Å². The van der Waals surface area contributed by atoms with Crippen LogP contribution in [0.15, 0.2) is 35.9 Å². The Kier molecular flexibility index (Phi) is 5.98. The summed E-state index contributed by atoms with van der Waals surface area (Å²) in [6, 6.07) is 8.12. The van der Waals surface area contributed by atoms with Gasteiger partial charge in [0.1, 0.15) is 18.0 Å². The molecule has 0 unspecified atom stereocenters. The highest BCUT2D eigenvalue weighted by atomic mass is 16.6. The molecule has 4 rings (SSSR count). The molecule has 1 aromatic rings. The zero-order valence-electron chi connectivity index (χ0n) is 17.8. The van der Waals surface area contributed by atoms with Crippen LogP contribution < -0.4 is 10.1 Å². The van der Waals surface area contributed by atoms with Crippen molar-refractivity contribution in [1.82, 2.24) is 5.32 Å². The Morgan fingerprint density at radius 2 is 2.21 bits per heavy atom. The molecule has 0 saturated carbocycles. The first-order valence-corrected chi connectivity index (χ1v) is 10.9. The number of epoxide rings is 1. The Hall–Kier alpha value is -1.85. The smallest absolute Gasteiger partial charge is 0.311 e. The summed E-state index contributed by atoms with van der Waals surface area (Å²) < 4.78 is 17.2. The van der Waals surface area contributed by atoms with Crippen molar-refractivity contribution in [2.45, 2.75) is 63.8 Å². The van der Waals surface area contributed by atoms with Crippen LogP contribution >= 0.6 is 0 Å². The highest BCUT2D eigenvalue weighted by Gasteiger charge is 2.62. The molecule has 0 spiro atoms. The molecule has 0 aromatic heterocycles. The Bertz CT molecular complexity index is 776. The zero-order valence-corrected chi connectivity index (χ0v) is 17.8. The third-order valence-corrected chi connectivity index (χ3v) is 6.83. The van der Waals surface area contributed by atoms with E-state index in [0.29, 0.717) is 6.54 Å². The largest absolute Gasteiger partial charge is 0.497 e. The molecule has 5 heteroatoms.